The van der Waals surface area contributed by atoms with Crippen LogP contribution in [0.4, 0.5) is 0 Å². The highest BCUT2D eigenvalue weighted by molar-refractivity contribution is 7.12. The second-order valence-corrected chi connectivity index (χ2v) is 5.22. The van der Waals surface area contributed by atoms with E-state index in [9.17, 15) is 0 Å². The third kappa shape index (κ3) is 2.37. The normalized spacial score (nSPS) is 10.8. The van der Waals surface area contributed by atoms with Crippen LogP contribution < -0.4 is 5.73 Å². The molecule has 0 bridgehead atoms. The summed E-state index contributed by atoms with van der Waals surface area (Å²) in [5.41, 5.74) is 7.48. The summed E-state index contributed by atoms with van der Waals surface area (Å²) in [6.07, 6.45) is 0. The molecule has 2 aromatic heterocycles. The van der Waals surface area contributed by atoms with E-state index in [0.717, 1.165) is 16.1 Å². The third-order valence-electron chi connectivity index (χ3n) is 2.64. The summed E-state index contributed by atoms with van der Waals surface area (Å²) in [7, 11) is 0. The van der Waals surface area contributed by atoms with Crippen molar-refractivity contribution in [3.05, 3.63) is 46.3 Å². The van der Waals surface area contributed by atoms with Gasteiger partial charge in [0.1, 0.15) is 5.00 Å². The van der Waals surface area contributed by atoms with Crippen LogP contribution in [0.3, 0.4) is 0 Å². The maximum atomic E-state index is 5.95. The van der Waals surface area contributed by atoms with E-state index in [4.69, 9.17) is 17.3 Å². The highest BCUT2D eigenvalue weighted by Crippen LogP contribution is 2.23. The summed E-state index contributed by atoms with van der Waals surface area (Å²) < 4.78 is 0. The fourth-order valence-corrected chi connectivity index (χ4v) is 2.57. The van der Waals surface area contributed by atoms with Gasteiger partial charge in [0.15, 0.2) is 0 Å². The summed E-state index contributed by atoms with van der Waals surface area (Å²) in [6.45, 7) is 0.378. The standard InChI is InChI=1S/C12H10ClN5S/c13-9-3-4-10(8(6-9)7-14)12-15-17-18(16-12)11-2-1-5-19-11/h1-6H,7,14H2. The zero-order valence-corrected chi connectivity index (χ0v) is 11.4. The van der Waals surface area contributed by atoms with Gasteiger partial charge in [0.2, 0.25) is 5.82 Å². The molecule has 2 heterocycles. The van der Waals surface area contributed by atoms with Gasteiger partial charge >= 0.3 is 0 Å². The smallest absolute Gasteiger partial charge is 0.205 e. The molecule has 0 aliphatic heterocycles. The van der Waals surface area contributed by atoms with Crippen LogP contribution in [-0.4, -0.2) is 20.2 Å². The van der Waals surface area contributed by atoms with E-state index < -0.39 is 0 Å². The van der Waals surface area contributed by atoms with Crippen LogP contribution in [0, 0.1) is 0 Å². The molecule has 0 saturated carbocycles. The van der Waals surface area contributed by atoms with Crippen molar-refractivity contribution in [2.24, 2.45) is 5.73 Å². The monoisotopic (exact) mass is 291 g/mol. The Morgan fingerprint density at radius 2 is 2.21 bits per heavy atom. The lowest BCUT2D eigenvalue weighted by Gasteiger charge is -2.03. The summed E-state index contributed by atoms with van der Waals surface area (Å²) in [5.74, 6) is 0.547. The molecule has 0 fully saturated rings. The molecular formula is C12H10ClN5S. The lowest BCUT2D eigenvalue weighted by atomic mass is 10.1. The van der Waals surface area contributed by atoms with Gasteiger partial charge < -0.3 is 5.73 Å². The zero-order valence-electron chi connectivity index (χ0n) is 9.82. The average Bonchev–Trinajstić information content (AvgIpc) is 3.09. The largest absolute Gasteiger partial charge is 0.326 e. The van der Waals surface area contributed by atoms with E-state index in [2.05, 4.69) is 15.4 Å². The van der Waals surface area contributed by atoms with Crippen molar-refractivity contribution in [2.45, 2.75) is 6.54 Å². The number of thiophene rings is 1. The van der Waals surface area contributed by atoms with Crippen LogP contribution in [0.15, 0.2) is 35.7 Å². The first-order valence-electron chi connectivity index (χ1n) is 5.60. The molecule has 96 valence electrons. The molecule has 5 nitrogen and oxygen atoms in total. The van der Waals surface area contributed by atoms with E-state index in [-0.39, 0.29) is 0 Å². The number of halogens is 1. The number of nitrogens with two attached hydrogens (primary N) is 1. The van der Waals surface area contributed by atoms with E-state index in [1.54, 1.807) is 17.4 Å². The van der Waals surface area contributed by atoms with Crippen molar-refractivity contribution in [3.63, 3.8) is 0 Å². The van der Waals surface area contributed by atoms with Crippen molar-refractivity contribution in [1.82, 2.24) is 20.2 Å². The second-order valence-electron chi connectivity index (χ2n) is 3.86. The minimum Gasteiger partial charge on any atom is -0.326 e. The fourth-order valence-electron chi connectivity index (χ4n) is 1.75. The van der Waals surface area contributed by atoms with Crippen LogP contribution in [0.5, 0.6) is 0 Å². The van der Waals surface area contributed by atoms with Crippen molar-refractivity contribution in [2.75, 3.05) is 0 Å². The molecule has 0 aliphatic rings. The van der Waals surface area contributed by atoms with Crippen molar-refractivity contribution >= 4 is 22.9 Å². The second kappa shape index (κ2) is 5.08. The van der Waals surface area contributed by atoms with Crippen LogP contribution in [0.25, 0.3) is 16.4 Å². The van der Waals surface area contributed by atoms with Crippen LogP contribution in [-0.2, 0) is 6.54 Å². The molecule has 1 aromatic carbocycles. The molecule has 0 unspecified atom stereocenters. The Hall–Kier alpha value is -1.76. The number of benzene rings is 1. The molecule has 0 saturated heterocycles. The van der Waals surface area contributed by atoms with Gasteiger partial charge in [0.25, 0.3) is 0 Å². The van der Waals surface area contributed by atoms with Crippen molar-refractivity contribution in [1.29, 1.82) is 0 Å². The maximum Gasteiger partial charge on any atom is 0.205 e. The molecule has 0 aliphatic carbocycles. The quantitative estimate of drug-likeness (QED) is 0.805. The van der Waals surface area contributed by atoms with Gasteiger partial charge in [-0.05, 0) is 46.5 Å². The topological polar surface area (TPSA) is 69.6 Å². The fraction of sp³-hybridized carbons (Fsp3) is 0.0833. The SMILES string of the molecule is NCc1cc(Cl)ccc1-c1nnn(-c2cccs2)n1. The van der Waals surface area contributed by atoms with E-state index >= 15 is 0 Å². The molecule has 2 N–H and O–H groups in total. The minimum atomic E-state index is 0.378. The number of rotatable bonds is 3. The Balaban J connectivity index is 2.03. The lowest BCUT2D eigenvalue weighted by Crippen LogP contribution is -2.00. The average molecular weight is 292 g/mol. The van der Waals surface area contributed by atoms with E-state index in [0.29, 0.717) is 17.4 Å². The van der Waals surface area contributed by atoms with Gasteiger partial charge in [0, 0.05) is 17.1 Å². The summed E-state index contributed by atoms with van der Waals surface area (Å²) in [6, 6.07) is 9.35. The Bertz CT molecular complexity index is 692. The number of hydrogen-bond donors (Lipinski definition) is 1. The molecule has 0 radical (unpaired) electrons. The van der Waals surface area contributed by atoms with Gasteiger partial charge in [-0.25, -0.2) is 0 Å². The Labute approximate surface area is 118 Å². The molecule has 0 spiro atoms. The highest BCUT2D eigenvalue weighted by Gasteiger charge is 2.11. The van der Waals surface area contributed by atoms with Gasteiger partial charge in [0.05, 0.1) is 0 Å². The van der Waals surface area contributed by atoms with Gasteiger partial charge in [-0.1, -0.05) is 11.6 Å². The first-order valence-corrected chi connectivity index (χ1v) is 6.86. The van der Waals surface area contributed by atoms with Crippen LogP contribution in [0.1, 0.15) is 5.56 Å². The summed E-state index contributed by atoms with van der Waals surface area (Å²) in [5, 5.41) is 16.0. The maximum absolute atomic E-state index is 5.95. The predicted molar refractivity (Wildman–Crippen MR) is 75.4 cm³/mol. The third-order valence-corrected chi connectivity index (χ3v) is 3.71. The number of nitrogens with zero attached hydrogens (tertiary/aromatic N) is 4. The lowest BCUT2D eigenvalue weighted by molar-refractivity contribution is 0.731. The van der Waals surface area contributed by atoms with E-state index in [1.165, 1.54) is 4.80 Å². The Morgan fingerprint density at radius 1 is 1.32 bits per heavy atom. The predicted octanol–water partition coefficient (Wildman–Crippen LogP) is 2.50. The molecule has 0 atom stereocenters. The molecule has 3 rings (SSSR count). The minimum absolute atomic E-state index is 0.378. The highest BCUT2D eigenvalue weighted by atomic mass is 35.5. The number of hydrogen-bond acceptors (Lipinski definition) is 5. The molecule has 19 heavy (non-hydrogen) atoms. The number of tetrazole rings is 1. The molecule has 0 amide bonds. The molecule has 7 heteroatoms. The summed E-state index contributed by atoms with van der Waals surface area (Å²) in [4.78, 5) is 1.51. The Morgan fingerprint density at radius 3 is 2.95 bits per heavy atom. The Kier molecular flexibility index (Phi) is 3.29. The van der Waals surface area contributed by atoms with Gasteiger partial charge in [-0.2, -0.15) is 0 Å². The first kappa shape index (κ1) is 12.3. The van der Waals surface area contributed by atoms with Crippen LogP contribution >= 0.6 is 22.9 Å². The molecular weight excluding hydrogens is 282 g/mol. The zero-order chi connectivity index (χ0) is 13.2. The van der Waals surface area contributed by atoms with Gasteiger partial charge in [-0.15, -0.1) is 26.3 Å². The summed E-state index contributed by atoms with van der Waals surface area (Å²) >= 11 is 7.50. The van der Waals surface area contributed by atoms with Gasteiger partial charge in [-0.3, -0.25) is 0 Å². The van der Waals surface area contributed by atoms with Crippen molar-refractivity contribution in [3.8, 4) is 16.4 Å². The van der Waals surface area contributed by atoms with E-state index in [1.807, 2.05) is 29.6 Å². The first-order chi connectivity index (χ1) is 9.28. The van der Waals surface area contributed by atoms with Crippen molar-refractivity contribution < 1.29 is 0 Å². The molecule has 3 aromatic rings. The van der Waals surface area contributed by atoms with Crippen LogP contribution in [0.2, 0.25) is 5.02 Å². The number of aromatic nitrogens is 4.